The Hall–Kier alpha value is -0.770. The van der Waals surface area contributed by atoms with E-state index < -0.39 is 0 Å². The highest BCUT2D eigenvalue weighted by molar-refractivity contribution is 6.30. The summed E-state index contributed by atoms with van der Waals surface area (Å²) in [5.74, 6) is 0. The van der Waals surface area contributed by atoms with E-state index in [9.17, 15) is 0 Å². The van der Waals surface area contributed by atoms with Crippen molar-refractivity contribution in [1.29, 1.82) is 0 Å². The van der Waals surface area contributed by atoms with Crippen molar-refractivity contribution in [3.8, 4) is 0 Å². The van der Waals surface area contributed by atoms with Gasteiger partial charge in [0.2, 0.25) is 0 Å². The zero-order valence-corrected chi connectivity index (χ0v) is 13.8. The van der Waals surface area contributed by atoms with Gasteiger partial charge in [-0.2, -0.15) is 0 Å². The second-order valence-corrected chi connectivity index (χ2v) is 5.86. The van der Waals surface area contributed by atoms with Crippen molar-refractivity contribution in [3.63, 3.8) is 0 Å². The van der Waals surface area contributed by atoms with Gasteiger partial charge in [0, 0.05) is 36.4 Å². The Kier molecular flexibility index (Phi) is 7.35. The first-order chi connectivity index (χ1) is 9.49. The summed E-state index contributed by atoms with van der Waals surface area (Å²) in [5.41, 5.74) is 8.54. The zero-order valence-electron chi connectivity index (χ0n) is 13.0. The predicted molar refractivity (Wildman–Crippen MR) is 87.8 cm³/mol. The molecule has 1 unspecified atom stereocenters. The van der Waals surface area contributed by atoms with Crippen LogP contribution in [0, 0.1) is 0 Å². The van der Waals surface area contributed by atoms with Gasteiger partial charge >= 0.3 is 0 Å². The second-order valence-electron chi connectivity index (χ2n) is 5.43. The summed E-state index contributed by atoms with van der Waals surface area (Å²) in [6.07, 6.45) is 1.85. The summed E-state index contributed by atoms with van der Waals surface area (Å²) in [6, 6.07) is 6.65. The number of anilines is 1. The van der Waals surface area contributed by atoms with E-state index in [0.29, 0.717) is 12.6 Å². The molecule has 20 heavy (non-hydrogen) atoms. The van der Waals surface area contributed by atoms with Crippen LogP contribution in [0.1, 0.15) is 32.8 Å². The molecule has 0 amide bonds. The van der Waals surface area contributed by atoms with Gasteiger partial charge in [-0.25, -0.2) is 0 Å². The molecule has 1 aromatic carbocycles. The van der Waals surface area contributed by atoms with Crippen LogP contribution in [0.25, 0.3) is 0 Å². The predicted octanol–water partition coefficient (Wildman–Crippen LogP) is 3.48. The number of hydrogen-bond acceptors (Lipinski definition) is 3. The van der Waals surface area contributed by atoms with Gasteiger partial charge in [0.25, 0.3) is 0 Å². The summed E-state index contributed by atoms with van der Waals surface area (Å²) in [6.45, 7) is 8.03. The molecule has 0 spiro atoms. The number of benzene rings is 1. The summed E-state index contributed by atoms with van der Waals surface area (Å²) in [5, 5.41) is 0.761. The van der Waals surface area contributed by atoms with Gasteiger partial charge in [-0.3, -0.25) is 0 Å². The van der Waals surface area contributed by atoms with Crippen LogP contribution in [0.2, 0.25) is 5.02 Å². The van der Waals surface area contributed by atoms with Crippen molar-refractivity contribution in [2.24, 2.45) is 5.73 Å². The van der Waals surface area contributed by atoms with Crippen LogP contribution in [0.3, 0.4) is 0 Å². The molecule has 0 saturated heterocycles. The Bertz CT molecular complexity index is 409. The highest BCUT2D eigenvalue weighted by atomic mass is 35.5. The van der Waals surface area contributed by atoms with Gasteiger partial charge in [0.1, 0.15) is 0 Å². The van der Waals surface area contributed by atoms with Crippen LogP contribution < -0.4 is 10.6 Å². The van der Waals surface area contributed by atoms with Crippen molar-refractivity contribution in [1.82, 2.24) is 0 Å². The molecule has 1 rings (SSSR count). The average molecular weight is 299 g/mol. The van der Waals surface area contributed by atoms with Gasteiger partial charge < -0.3 is 15.4 Å². The first kappa shape index (κ1) is 17.3. The van der Waals surface area contributed by atoms with E-state index in [1.54, 1.807) is 7.11 Å². The SMILES string of the molecule is CCC(N)Cc1ccc(Cl)cc1N(CCOC)C(C)C. The van der Waals surface area contributed by atoms with Crippen LogP contribution in [0.15, 0.2) is 18.2 Å². The molecule has 4 heteroatoms. The van der Waals surface area contributed by atoms with E-state index in [0.717, 1.165) is 24.4 Å². The van der Waals surface area contributed by atoms with Crippen molar-refractivity contribution in [2.75, 3.05) is 25.2 Å². The molecule has 3 nitrogen and oxygen atoms in total. The number of methoxy groups -OCH3 is 1. The fraction of sp³-hybridized carbons (Fsp3) is 0.625. The molecule has 1 aromatic rings. The molecule has 0 heterocycles. The first-order valence-electron chi connectivity index (χ1n) is 7.29. The minimum atomic E-state index is 0.186. The zero-order chi connectivity index (χ0) is 15.1. The quantitative estimate of drug-likeness (QED) is 0.798. The van der Waals surface area contributed by atoms with E-state index in [4.69, 9.17) is 22.1 Å². The smallest absolute Gasteiger partial charge is 0.0637 e. The summed E-state index contributed by atoms with van der Waals surface area (Å²) >= 11 is 6.18. The molecule has 1 atom stereocenters. The summed E-state index contributed by atoms with van der Waals surface area (Å²) < 4.78 is 5.22. The normalized spacial score (nSPS) is 12.8. The lowest BCUT2D eigenvalue weighted by Gasteiger charge is -2.31. The molecular weight excluding hydrogens is 272 g/mol. The molecule has 0 fully saturated rings. The van der Waals surface area contributed by atoms with Gasteiger partial charge in [-0.05, 0) is 44.4 Å². The summed E-state index contributed by atoms with van der Waals surface area (Å²) in [4.78, 5) is 2.33. The van der Waals surface area contributed by atoms with Gasteiger partial charge in [-0.15, -0.1) is 0 Å². The van der Waals surface area contributed by atoms with Crippen LogP contribution in [-0.4, -0.2) is 32.3 Å². The maximum absolute atomic E-state index is 6.18. The third-order valence-corrected chi connectivity index (χ3v) is 3.76. The largest absolute Gasteiger partial charge is 0.383 e. The maximum Gasteiger partial charge on any atom is 0.0637 e. The number of nitrogens with zero attached hydrogens (tertiary/aromatic N) is 1. The molecule has 0 bridgehead atoms. The van der Waals surface area contributed by atoms with E-state index in [-0.39, 0.29) is 6.04 Å². The van der Waals surface area contributed by atoms with Crippen LogP contribution in [0.4, 0.5) is 5.69 Å². The highest BCUT2D eigenvalue weighted by Crippen LogP contribution is 2.27. The molecule has 0 aliphatic rings. The van der Waals surface area contributed by atoms with E-state index in [2.05, 4.69) is 31.7 Å². The fourth-order valence-corrected chi connectivity index (χ4v) is 2.42. The van der Waals surface area contributed by atoms with Gasteiger partial charge in [0.05, 0.1) is 6.61 Å². The Morgan fingerprint density at radius 1 is 1.35 bits per heavy atom. The third-order valence-electron chi connectivity index (χ3n) is 3.52. The van der Waals surface area contributed by atoms with Crippen LogP contribution >= 0.6 is 11.6 Å². The van der Waals surface area contributed by atoms with Gasteiger partial charge in [-0.1, -0.05) is 24.6 Å². The number of halogens is 1. The Morgan fingerprint density at radius 2 is 2.05 bits per heavy atom. The fourth-order valence-electron chi connectivity index (χ4n) is 2.25. The molecule has 0 aliphatic carbocycles. The van der Waals surface area contributed by atoms with Crippen LogP contribution in [0.5, 0.6) is 0 Å². The standard InChI is InChI=1S/C16H27ClN2O/c1-5-15(18)10-13-6-7-14(17)11-16(13)19(12(2)3)8-9-20-4/h6-7,11-12,15H,5,8-10,18H2,1-4H3. The average Bonchev–Trinajstić information content (AvgIpc) is 2.41. The number of nitrogens with two attached hydrogens (primary N) is 1. The lowest BCUT2D eigenvalue weighted by Crippen LogP contribution is -2.35. The molecule has 2 N–H and O–H groups in total. The van der Waals surface area contributed by atoms with E-state index in [1.807, 2.05) is 12.1 Å². The molecule has 114 valence electrons. The molecule has 0 radical (unpaired) electrons. The van der Waals surface area contributed by atoms with Crippen molar-refractivity contribution in [2.45, 2.75) is 45.7 Å². The summed E-state index contributed by atoms with van der Waals surface area (Å²) in [7, 11) is 1.73. The van der Waals surface area contributed by atoms with Crippen molar-refractivity contribution < 1.29 is 4.74 Å². The van der Waals surface area contributed by atoms with Crippen LogP contribution in [-0.2, 0) is 11.2 Å². The van der Waals surface area contributed by atoms with Gasteiger partial charge in [0.15, 0.2) is 0 Å². The molecule has 0 saturated carbocycles. The third kappa shape index (κ3) is 4.97. The van der Waals surface area contributed by atoms with E-state index in [1.165, 1.54) is 11.3 Å². The lowest BCUT2D eigenvalue weighted by molar-refractivity contribution is 0.204. The minimum absolute atomic E-state index is 0.186. The first-order valence-corrected chi connectivity index (χ1v) is 7.67. The van der Waals surface area contributed by atoms with Crippen molar-refractivity contribution in [3.05, 3.63) is 28.8 Å². The Morgan fingerprint density at radius 3 is 2.60 bits per heavy atom. The Balaban J connectivity index is 3.06. The number of rotatable bonds is 8. The molecule has 0 aromatic heterocycles. The number of ether oxygens (including phenoxy) is 1. The number of hydrogen-bond donors (Lipinski definition) is 1. The van der Waals surface area contributed by atoms with Crippen molar-refractivity contribution >= 4 is 17.3 Å². The highest BCUT2D eigenvalue weighted by Gasteiger charge is 2.16. The molecule has 0 aliphatic heterocycles. The molecular formula is C16H27ClN2O. The van der Waals surface area contributed by atoms with E-state index >= 15 is 0 Å². The second kappa shape index (κ2) is 8.50. The topological polar surface area (TPSA) is 38.5 Å². The lowest BCUT2D eigenvalue weighted by atomic mass is 10.0. The monoisotopic (exact) mass is 298 g/mol. The minimum Gasteiger partial charge on any atom is -0.383 e. The Labute approximate surface area is 128 Å². The maximum atomic E-state index is 6.18.